The molecule has 0 bridgehead atoms. The monoisotopic (exact) mass is 311 g/mol. The molecule has 1 aromatic carbocycles. The average Bonchev–Trinajstić information content (AvgIpc) is 2.80. The number of hydrogen-bond donors (Lipinski definition) is 1. The van der Waals surface area contributed by atoms with E-state index in [4.69, 9.17) is 16.9 Å². The van der Waals surface area contributed by atoms with Crippen molar-refractivity contribution < 1.29 is 13.9 Å². The van der Waals surface area contributed by atoms with Crippen LogP contribution in [0.5, 0.6) is 0 Å². The van der Waals surface area contributed by atoms with Gasteiger partial charge < -0.3 is 10.1 Å². The van der Waals surface area contributed by atoms with Crippen LogP contribution in [0.1, 0.15) is 15.2 Å². The first-order valence-electron chi connectivity index (χ1n) is 5.26. The Morgan fingerprint density at radius 2 is 2.35 bits per heavy atom. The summed E-state index contributed by atoms with van der Waals surface area (Å²) in [5.41, 5.74) is 0.492. The first-order valence-corrected chi connectivity index (χ1v) is 6.46. The lowest BCUT2D eigenvalue weighted by Gasteiger charge is -2.04. The molecule has 0 spiro atoms. The van der Waals surface area contributed by atoms with Crippen LogP contribution in [0.4, 0.5) is 15.2 Å². The van der Waals surface area contributed by atoms with Gasteiger partial charge in [0.25, 0.3) is 0 Å². The molecule has 0 radical (unpaired) electrons. The second-order valence-corrected chi connectivity index (χ2v) is 4.91. The molecule has 0 saturated carbocycles. The van der Waals surface area contributed by atoms with Gasteiger partial charge in [-0.05, 0) is 18.2 Å². The molecule has 0 unspecified atom stereocenters. The van der Waals surface area contributed by atoms with Crippen LogP contribution in [0, 0.1) is 17.1 Å². The number of nitriles is 1. The predicted molar refractivity (Wildman–Crippen MR) is 72.9 cm³/mol. The minimum Gasteiger partial charge on any atom is -0.465 e. The van der Waals surface area contributed by atoms with Gasteiger partial charge in [0, 0.05) is 0 Å². The third kappa shape index (κ3) is 2.87. The number of aromatic nitrogens is 1. The van der Waals surface area contributed by atoms with Crippen LogP contribution in [0.3, 0.4) is 0 Å². The highest BCUT2D eigenvalue weighted by molar-refractivity contribution is 7.18. The fraction of sp³-hybridized carbons (Fsp3) is 0.0833. The third-order valence-electron chi connectivity index (χ3n) is 2.30. The first-order chi connectivity index (χ1) is 9.55. The number of anilines is 2. The molecule has 2 aromatic rings. The molecule has 5 nitrogen and oxygen atoms in total. The maximum atomic E-state index is 13.0. The summed E-state index contributed by atoms with van der Waals surface area (Å²) < 4.78 is 17.6. The smallest absolute Gasteiger partial charge is 0.351 e. The largest absolute Gasteiger partial charge is 0.465 e. The Balaban J connectivity index is 2.32. The molecule has 0 saturated heterocycles. The van der Waals surface area contributed by atoms with Crippen molar-refractivity contribution in [3.63, 3.8) is 0 Å². The van der Waals surface area contributed by atoms with Gasteiger partial charge in [0.05, 0.1) is 18.4 Å². The van der Waals surface area contributed by atoms with Crippen molar-refractivity contribution >= 4 is 39.7 Å². The highest BCUT2D eigenvalue weighted by Crippen LogP contribution is 2.30. The van der Waals surface area contributed by atoms with E-state index in [0.717, 1.165) is 17.4 Å². The number of carbonyl (C=O) groups is 1. The molecule has 0 aliphatic rings. The Kier molecular flexibility index (Phi) is 4.17. The number of ether oxygens (including phenoxy) is 1. The van der Waals surface area contributed by atoms with Gasteiger partial charge in [-0.15, -0.1) is 0 Å². The number of nitrogens with zero attached hydrogens (tertiary/aromatic N) is 2. The molecule has 0 fully saturated rings. The number of nitrogens with one attached hydrogen (secondary N) is 1. The average molecular weight is 312 g/mol. The summed E-state index contributed by atoms with van der Waals surface area (Å²) in [4.78, 5) is 15.5. The molecule has 1 N–H and O–H groups in total. The van der Waals surface area contributed by atoms with Gasteiger partial charge >= 0.3 is 5.97 Å². The summed E-state index contributed by atoms with van der Waals surface area (Å²) >= 11 is 6.80. The van der Waals surface area contributed by atoms with Gasteiger partial charge in [-0.1, -0.05) is 22.9 Å². The summed E-state index contributed by atoms with van der Waals surface area (Å²) in [6.07, 6.45) is 0. The molecule has 0 amide bonds. The highest BCUT2D eigenvalue weighted by Gasteiger charge is 2.18. The Hall–Kier alpha value is -2.17. The van der Waals surface area contributed by atoms with Crippen LogP contribution >= 0.6 is 22.9 Å². The van der Waals surface area contributed by atoms with Gasteiger partial charge in [-0.25, -0.2) is 14.2 Å². The molecule has 0 aliphatic heterocycles. The molecule has 1 heterocycles. The number of esters is 1. The molecule has 102 valence electrons. The first kappa shape index (κ1) is 14.2. The molecule has 1 aromatic heterocycles. The lowest BCUT2D eigenvalue weighted by Crippen LogP contribution is -1.98. The Morgan fingerprint density at radius 1 is 1.60 bits per heavy atom. The van der Waals surface area contributed by atoms with E-state index in [1.54, 1.807) is 0 Å². The number of thiazole rings is 1. The molecule has 2 rings (SSSR count). The topological polar surface area (TPSA) is 75.0 Å². The van der Waals surface area contributed by atoms with Gasteiger partial charge in [0.1, 0.15) is 11.9 Å². The summed E-state index contributed by atoms with van der Waals surface area (Å²) in [5, 5.41) is 12.1. The van der Waals surface area contributed by atoms with E-state index in [9.17, 15) is 9.18 Å². The molecule has 8 heteroatoms. The van der Waals surface area contributed by atoms with Crippen LogP contribution in [0.2, 0.25) is 5.15 Å². The van der Waals surface area contributed by atoms with Crippen LogP contribution in [0.15, 0.2) is 18.2 Å². The summed E-state index contributed by atoms with van der Waals surface area (Å²) in [6, 6.07) is 5.57. The summed E-state index contributed by atoms with van der Waals surface area (Å²) in [7, 11) is 1.24. The van der Waals surface area contributed by atoms with E-state index >= 15 is 0 Å². The minimum absolute atomic E-state index is 0.00460. The minimum atomic E-state index is -0.597. The number of halogens is 2. The lowest BCUT2D eigenvalue weighted by molar-refractivity contribution is 0.0606. The van der Waals surface area contributed by atoms with Gasteiger partial charge in [0.2, 0.25) is 0 Å². The lowest BCUT2D eigenvalue weighted by atomic mass is 10.2. The summed E-state index contributed by atoms with van der Waals surface area (Å²) in [5.74, 6) is -1.11. The number of carbonyl (C=O) groups excluding carboxylic acids is 1. The second-order valence-electron chi connectivity index (χ2n) is 3.56. The predicted octanol–water partition coefficient (Wildman–Crippen LogP) is 3.34. The maximum absolute atomic E-state index is 13.0. The van der Waals surface area contributed by atoms with Gasteiger partial charge in [-0.3, -0.25) is 0 Å². The van der Waals surface area contributed by atoms with Crippen molar-refractivity contribution in [3.8, 4) is 6.07 Å². The van der Waals surface area contributed by atoms with Crippen molar-refractivity contribution in [1.29, 1.82) is 5.26 Å². The van der Waals surface area contributed by atoms with E-state index in [2.05, 4.69) is 15.0 Å². The van der Waals surface area contributed by atoms with Crippen molar-refractivity contribution in [1.82, 2.24) is 4.98 Å². The molecular formula is C12H7ClFN3O2S. The Morgan fingerprint density at radius 3 is 3.00 bits per heavy atom. The van der Waals surface area contributed by atoms with Crippen LogP contribution in [0.25, 0.3) is 0 Å². The second kappa shape index (κ2) is 5.86. The standard InChI is InChI=1S/C12H7ClFN3O2S/c1-19-11(18)9-10(13)17-12(20-9)16-8-3-2-7(14)4-6(8)5-15/h2-4H,1H3,(H,16,17). The van der Waals surface area contributed by atoms with Gasteiger partial charge in [0.15, 0.2) is 15.2 Å². The number of benzene rings is 1. The summed E-state index contributed by atoms with van der Waals surface area (Å²) in [6.45, 7) is 0. The third-order valence-corrected chi connectivity index (χ3v) is 3.64. The van der Waals surface area contributed by atoms with E-state index in [1.807, 2.05) is 6.07 Å². The SMILES string of the molecule is COC(=O)c1sc(Nc2ccc(F)cc2C#N)nc1Cl. The Bertz CT molecular complexity index is 711. The van der Waals surface area contributed by atoms with E-state index in [-0.39, 0.29) is 15.6 Å². The van der Waals surface area contributed by atoms with Crippen molar-refractivity contribution in [2.45, 2.75) is 0 Å². The zero-order valence-electron chi connectivity index (χ0n) is 10.1. The van der Waals surface area contributed by atoms with Crippen molar-refractivity contribution in [2.75, 3.05) is 12.4 Å². The van der Waals surface area contributed by atoms with E-state index < -0.39 is 11.8 Å². The number of hydrogen-bond acceptors (Lipinski definition) is 6. The molecule has 20 heavy (non-hydrogen) atoms. The molecule has 0 atom stereocenters. The van der Waals surface area contributed by atoms with Crippen molar-refractivity contribution in [2.24, 2.45) is 0 Å². The van der Waals surface area contributed by atoms with E-state index in [0.29, 0.717) is 10.8 Å². The zero-order valence-corrected chi connectivity index (χ0v) is 11.7. The van der Waals surface area contributed by atoms with E-state index in [1.165, 1.54) is 19.2 Å². The van der Waals surface area contributed by atoms with Crippen LogP contribution < -0.4 is 5.32 Å². The maximum Gasteiger partial charge on any atom is 0.351 e. The quantitative estimate of drug-likeness (QED) is 0.880. The normalized spacial score (nSPS) is 9.90. The number of rotatable bonds is 3. The number of methoxy groups -OCH3 is 1. The van der Waals surface area contributed by atoms with Crippen LogP contribution in [-0.2, 0) is 4.74 Å². The molecule has 0 aliphatic carbocycles. The zero-order chi connectivity index (χ0) is 14.7. The van der Waals surface area contributed by atoms with Gasteiger partial charge in [-0.2, -0.15) is 5.26 Å². The van der Waals surface area contributed by atoms with Crippen LogP contribution in [-0.4, -0.2) is 18.1 Å². The highest BCUT2D eigenvalue weighted by atomic mass is 35.5. The van der Waals surface area contributed by atoms with Crippen molar-refractivity contribution in [3.05, 3.63) is 39.6 Å². The fourth-order valence-electron chi connectivity index (χ4n) is 1.41. The Labute approximate surface area is 122 Å². The molecular weight excluding hydrogens is 305 g/mol. The fourth-order valence-corrected chi connectivity index (χ4v) is 2.52.